The number of aliphatic imine (C=N–C) groups is 1. The van der Waals surface area contributed by atoms with Gasteiger partial charge in [0.1, 0.15) is 0 Å². The van der Waals surface area contributed by atoms with Gasteiger partial charge in [0, 0.05) is 38.3 Å². The summed E-state index contributed by atoms with van der Waals surface area (Å²) in [6.45, 7) is 6.72. The Morgan fingerprint density at radius 2 is 1.76 bits per heavy atom. The minimum Gasteiger partial charge on any atom is -0.357 e. The van der Waals surface area contributed by atoms with E-state index in [2.05, 4.69) is 41.4 Å². The lowest BCUT2D eigenvalue weighted by Crippen LogP contribution is -2.39. The van der Waals surface area contributed by atoms with E-state index in [1.807, 2.05) is 4.90 Å². The SMILES string of the molecule is CCNC(=NCc1ccc(N2CCCCC2=O)cc1)N1CCCC1.I. The highest BCUT2D eigenvalue weighted by atomic mass is 127. The molecule has 2 aliphatic heterocycles. The minimum absolute atomic E-state index is 0. The maximum absolute atomic E-state index is 12.0. The summed E-state index contributed by atoms with van der Waals surface area (Å²) in [6, 6.07) is 8.29. The van der Waals surface area contributed by atoms with Gasteiger partial charge in [0.05, 0.1) is 6.54 Å². The lowest BCUT2D eigenvalue weighted by molar-refractivity contribution is -0.119. The Labute approximate surface area is 167 Å². The number of hydrogen-bond acceptors (Lipinski definition) is 2. The standard InChI is InChI=1S/C19H28N4O.HI/c1-2-20-19(22-12-5-6-13-22)21-15-16-8-10-17(11-9-16)23-14-4-3-7-18(23)24;/h8-11H,2-7,12-15H2,1H3,(H,20,21);1H. The van der Waals surface area contributed by atoms with Crippen LogP contribution in [0.25, 0.3) is 0 Å². The lowest BCUT2D eigenvalue weighted by atomic mass is 10.1. The molecule has 0 aliphatic carbocycles. The number of halogens is 1. The Bertz CT molecular complexity index is 582. The third kappa shape index (κ3) is 5.33. The zero-order valence-corrected chi connectivity index (χ0v) is 17.4. The number of carbonyl (C=O) groups excluding carboxylic acids is 1. The third-order valence-electron chi connectivity index (χ3n) is 4.72. The molecule has 0 aromatic heterocycles. The van der Waals surface area contributed by atoms with Gasteiger partial charge in [-0.2, -0.15) is 0 Å². The van der Waals surface area contributed by atoms with Crippen molar-refractivity contribution in [1.82, 2.24) is 10.2 Å². The van der Waals surface area contributed by atoms with Crippen LogP contribution in [0.1, 0.15) is 44.6 Å². The molecule has 138 valence electrons. The number of guanidine groups is 1. The molecular formula is C19H29IN4O. The quantitative estimate of drug-likeness (QED) is 0.430. The number of anilines is 1. The minimum atomic E-state index is 0. The van der Waals surface area contributed by atoms with Crippen LogP contribution < -0.4 is 10.2 Å². The van der Waals surface area contributed by atoms with Crippen molar-refractivity contribution in [3.63, 3.8) is 0 Å². The molecule has 3 rings (SSSR count). The lowest BCUT2D eigenvalue weighted by Gasteiger charge is -2.26. The molecule has 2 fully saturated rings. The molecule has 1 aromatic rings. The van der Waals surface area contributed by atoms with Crippen LogP contribution >= 0.6 is 24.0 Å². The molecule has 5 nitrogen and oxygen atoms in total. The van der Waals surface area contributed by atoms with E-state index >= 15 is 0 Å². The average Bonchev–Trinajstić information content (AvgIpc) is 3.14. The fraction of sp³-hybridized carbons (Fsp3) is 0.579. The number of hydrogen-bond donors (Lipinski definition) is 1. The number of nitrogens with zero attached hydrogens (tertiary/aromatic N) is 3. The molecule has 25 heavy (non-hydrogen) atoms. The van der Waals surface area contributed by atoms with Crippen LogP contribution in [0.3, 0.4) is 0 Å². The summed E-state index contributed by atoms with van der Waals surface area (Å²) in [5.74, 6) is 1.26. The predicted molar refractivity (Wildman–Crippen MR) is 114 cm³/mol. The Morgan fingerprint density at radius 1 is 1.08 bits per heavy atom. The number of amides is 1. The van der Waals surface area contributed by atoms with Crippen molar-refractivity contribution in [1.29, 1.82) is 0 Å². The van der Waals surface area contributed by atoms with Crippen LogP contribution in [0.2, 0.25) is 0 Å². The van der Waals surface area contributed by atoms with Gasteiger partial charge in [-0.1, -0.05) is 12.1 Å². The molecule has 0 radical (unpaired) electrons. The van der Waals surface area contributed by atoms with Crippen molar-refractivity contribution in [2.75, 3.05) is 31.1 Å². The Hall–Kier alpha value is -1.31. The molecule has 1 aromatic carbocycles. The number of piperidine rings is 1. The molecule has 1 amide bonds. The number of rotatable bonds is 4. The van der Waals surface area contributed by atoms with Gasteiger partial charge in [-0.05, 0) is 50.3 Å². The maximum Gasteiger partial charge on any atom is 0.226 e. The van der Waals surface area contributed by atoms with E-state index in [0.717, 1.165) is 50.7 Å². The Morgan fingerprint density at radius 3 is 2.40 bits per heavy atom. The summed E-state index contributed by atoms with van der Waals surface area (Å²) in [5.41, 5.74) is 2.19. The van der Waals surface area contributed by atoms with Gasteiger partial charge < -0.3 is 15.1 Å². The van der Waals surface area contributed by atoms with Gasteiger partial charge in [-0.3, -0.25) is 4.79 Å². The van der Waals surface area contributed by atoms with Crippen molar-refractivity contribution < 1.29 is 4.79 Å². The van der Waals surface area contributed by atoms with Crippen LogP contribution in [0, 0.1) is 0 Å². The van der Waals surface area contributed by atoms with E-state index in [-0.39, 0.29) is 29.9 Å². The van der Waals surface area contributed by atoms with Crippen LogP contribution in [0.15, 0.2) is 29.3 Å². The first-order chi connectivity index (χ1) is 11.8. The van der Waals surface area contributed by atoms with Gasteiger partial charge in [-0.25, -0.2) is 4.99 Å². The fourth-order valence-electron chi connectivity index (χ4n) is 3.38. The van der Waals surface area contributed by atoms with Crippen molar-refractivity contribution in [3.05, 3.63) is 29.8 Å². The first kappa shape index (κ1) is 20.0. The molecule has 2 heterocycles. The maximum atomic E-state index is 12.0. The van der Waals surface area contributed by atoms with Crippen molar-refractivity contribution in [2.45, 2.75) is 45.6 Å². The summed E-state index contributed by atoms with van der Waals surface area (Å²) < 4.78 is 0. The fourth-order valence-corrected chi connectivity index (χ4v) is 3.38. The highest BCUT2D eigenvalue weighted by Gasteiger charge is 2.19. The van der Waals surface area contributed by atoms with Gasteiger partial charge in [-0.15, -0.1) is 24.0 Å². The van der Waals surface area contributed by atoms with E-state index in [9.17, 15) is 4.79 Å². The molecule has 2 saturated heterocycles. The first-order valence-electron chi connectivity index (χ1n) is 9.20. The second-order valence-electron chi connectivity index (χ2n) is 6.53. The number of nitrogens with one attached hydrogen (secondary N) is 1. The van der Waals surface area contributed by atoms with E-state index in [1.165, 1.54) is 18.4 Å². The van der Waals surface area contributed by atoms with Crippen molar-refractivity contribution in [2.24, 2.45) is 4.99 Å². The Kier molecular flexibility index (Phi) is 7.99. The summed E-state index contributed by atoms with van der Waals surface area (Å²) in [5, 5.41) is 3.39. The predicted octanol–water partition coefficient (Wildman–Crippen LogP) is 3.38. The highest BCUT2D eigenvalue weighted by Crippen LogP contribution is 2.21. The first-order valence-corrected chi connectivity index (χ1v) is 9.20. The molecule has 0 atom stereocenters. The molecular weight excluding hydrogens is 427 g/mol. The third-order valence-corrected chi connectivity index (χ3v) is 4.72. The second kappa shape index (κ2) is 9.99. The van der Waals surface area contributed by atoms with Crippen LogP contribution in [0.5, 0.6) is 0 Å². The zero-order valence-electron chi connectivity index (χ0n) is 15.0. The number of carbonyl (C=O) groups is 1. The average molecular weight is 456 g/mol. The molecule has 0 spiro atoms. The summed E-state index contributed by atoms with van der Waals surface area (Å²) in [6.07, 6.45) is 5.30. The summed E-state index contributed by atoms with van der Waals surface area (Å²) in [7, 11) is 0. The van der Waals surface area contributed by atoms with Crippen molar-refractivity contribution >= 4 is 41.5 Å². The molecule has 6 heteroatoms. The van der Waals surface area contributed by atoms with Gasteiger partial charge >= 0.3 is 0 Å². The van der Waals surface area contributed by atoms with Crippen LogP contribution in [-0.2, 0) is 11.3 Å². The van der Waals surface area contributed by atoms with Gasteiger partial charge in [0.25, 0.3) is 0 Å². The van der Waals surface area contributed by atoms with Gasteiger partial charge in [0.2, 0.25) is 5.91 Å². The zero-order chi connectivity index (χ0) is 16.8. The molecule has 1 N–H and O–H groups in total. The Balaban J connectivity index is 0.00000225. The molecule has 0 unspecified atom stereocenters. The normalized spacial score (nSPS) is 18.3. The summed E-state index contributed by atoms with van der Waals surface area (Å²) >= 11 is 0. The molecule has 0 bridgehead atoms. The largest absolute Gasteiger partial charge is 0.357 e. The van der Waals surface area contributed by atoms with Crippen LogP contribution in [-0.4, -0.2) is 42.9 Å². The second-order valence-corrected chi connectivity index (χ2v) is 6.53. The van der Waals surface area contributed by atoms with Crippen LogP contribution in [0.4, 0.5) is 5.69 Å². The van der Waals surface area contributed by atoms with E-state index < -0.39 is 0 Å². The summed E-state index contributed by atoms with van der Waals surface area (Å²) in [4.78, 5) is 21.0. The van der Waals surface area contributed by atoms with E-state index in [4.69, 9.17) is 4.99 Å². The molecule has 0 saturated carbocycles. The monoisotopic (exact) mass is 456 g/mol. The number of benzene rings is 1. The van der Waals surface area contributed by atoms with Crippen molar-refractivity contribution in [3.8, 4) is 0 Å². The van der Waals surface area contributed by atoms with Gasteiger partial charge in [0.15, 0.2) is 5.96 Å². The van der Waals surface area contributed by atoms with E-state index in [0.29, 0.717) is 13.0 Å². The smallest absolute Gasteiger partial charge is 0.226 e. The molecule has 2 aliphatic rings. The topological polar surface area (TPSA) is 47.9 Å². The highest BCUT2D eigenvalue weighted by molar-refractivity contribution is 14.0. The van der Waals surface area contributed by atoms with E-state index in [1.54, 1.807) is 0 Å². The number of likely N-dealkylation sites (tertiary alicyclic amines) is 1.